The van der Waals surface area contributed by atoms with Gasteiger partial charge in [-0.25, -0.2) is 9.07 Å². The minimum atomic E-state index is -0.618. The van der Waals surface area contributed by atoms with Crippen molar-refractivity contribution < 1.29 is 19.0 Å². The van der Waals surface area contributed by atoms with Gasteiger partial charge in [-0.3, -0.25) is 4.90 Å². The molecule has 3 aromatic rings. The lowest BCUT2D eigenvalue weighted by molar-refractivity contribution is -0.0572. The first-order chi connectivity index (χ1) is 16.2. The molecule has 1 atom stereocenters. The summed E-state index contributed by atoms with van der Waals surface area (Å²) in [6, 6.07) is 16.7. The minimum Gasteiger partial charge on any atom is -0.436 e. The van der Waals surface area contributed by atoms with E-state index in [1.165, 1.54) is 6.07 Å². The van der Waals surface area contributed by atoms with Gasteiger partial charge in [0.25, 0.3) is 0 Å². The largest absolute Gasteiger partial charge is 0.436 e. The van der Waals surface area contributed by atoms with E-state index in [9.17, 15) is 9.50 Å². The molecule has 1 fully saturated rings. The quantitative estimate of drug-likeness (QED) is 0.446. The normalized spacial score (nSPS) is 15.0. The van der Waals surface area contributed by atoms with E-state index in [0.717, 1.165) is 29.7 Å². The fourth-order valence-electron chi connectivity index (χ4n) is 3.94. The summed E-state index contributed by atoms with van der Waals surface area (Å²) in [6.45, 7) is 7.21. The van der Waals surface area contributed by atoms with Crippen molar-refractivity contribution in [2.24, 2.45) is 7.05 Å². The Balaban J connectivity index is 1.64. The van der Waals surface area contributed by atoms with Crippen molar-refractivity contribution >= 4 is 0 Å². The summed E-state index contributed by atoms with van der Waals surface area (Å²) in [6.07, 6.45) is 1.54. The number of halogens is 1. The predicted molar refractivity (Wildman–Crippen MR) is 130 cm³/mol. The van der Waals surface area contributed by atoms with Crippen LogP contribution in [-0.2, 0) is 18.3 Å². The summed E-state index contributed by atoms with van der Waals surface area (Å²) < 4.78 is 28.0. The van der Waals surface area contributed by atoms with Crippen molar-refractivity contribution in [1.29, 1.82) is 0 Å². The van der Waals surface area contributed by atoms with Gasteiger partial charge in [0.1, 0.15) is 5.69 Å². The Labute approximate surface area is 200 Å². The second-order valence-corrected chi connectivity index (χ2v) is 9.89. The Bertz CT molecular complexity index is 1090. The Hall–Kier alpha value is -2.74. The molecule has 0 saturated heterocycles. The third-order valence-electron chi connectivity index (χ3n) is 5.76. The molecule has 0 bridgehead atoms. The van der Waals surface area contributed by atoms with E-state index in [0.29, 0.717) is 25.0 Å². The van der Waals surface area contributed by atoms with Crippen LogP contribution in [0.2, 0.25) is 0 Å². The standard InChI is InChI=1S/C27H34FN3O3/c1-27(2,3)33-18-21(32)16-31(20-14-15-20)17-22-25(19-10-6-5-7-11-19)29-30(4)26(22)34-24-13-9-8-12-23(24)28/h5-13,20-21,32H,14-18H2,1-4H3/t21-/m1/s1. The van der Waals surface area contributed by atoms with Gasteiger partial charge in [-0.05, 0) is 45.7 Å². The zero-order valence-corrected chi connectivity index (χ0v) is 20.4. The molecule has 1 heterocycles. The molecule has 1 saturated carbocycles. The average molecular weight is 468 g/mol. The Kier molecular flexibility index (Phi) is 7.36. The van der Waals surface area contributed by atoms with Crippen LogP contribution in [-0.4, -0.2) is 50.7 Å². The monoisotopic (exact) mass is 467 g/mol. The van der Waals surface area contributed by atoms with Crippen LogP contribution in [0, 0.1) is 5.82 Å². The first-order valence-electron chi connectivity index (χ1n) is 11.8. The molecular weight excluding hydrogens is 433 g/mol. The number of aromatic nitrogens is 2. The fourth-order valence-corrected chi connectivity index (χ4v) is 3.94. The van der Waals surface area contributed by atoms with Gasteiger partial charge >= 0.3 is 0 Å². The minimum absolute atomic E-state index is 0.156. The zero-order valence-electron chi connectivity index (χ0n) is 20.4. The van der Waals surface area contributed by atoms with Gasteiger partial charge in [0.2, 0.25) is 5.88 Å². The van der Waals surface area contributed by atoms with Crippen molar-refractivity contribution in [3.63, 3.8) is 0 Å². The van der Waals surface area contributed by atoms with Gasteiger partial charge in [-0.1, -0.05) is 42.5 Å². The summed E-state index contributed by atoms with van der Waals surface area (Å²) >= 11 is 0. The number of ether oxygens (including phenoxy) is 2. The molecule has 0 unspecified atom stereocenters. The number of aliphatic hydroxyl groups is 1. The first-order valence-corrected chi connectivity index (χ1v) is 11.8. The molecular formula is C27H34FN3O3. The van der Waals surface area contributed by atoms with E-state index in [1.807, 2.05) is 51.1 Å². The van der Waals surface area contributed by atoms with E-state index in [-0.39, 0.29) is 18.0 Å². The molecule has 2 aromatic carbocycles. The third kappa shape index (κ3) is 6.23. The topological polar surface area (TPSA) is 59.8 Å². The number of rotatable bonds is 10. The van der Waals surface area contributed by atoms with Crippen LogP contribution in [0.1, 0.15) is 39.2 Å². The van der Waals surface area contributed by atoms with Crippen LogP contribution in [0.5, 0.6) is 11.6 Å². The number of hydrogen-bond acceptors (Lipinski definition) is 5. The van der Waals surface area contributed by atoms with Crippen molar-refractivity contribution in [3.05, 3.63) is 66.0 Å². The molecule has 4 rings (SSSR count). The van der Waals surface area contributed by atoms with E-state index >= 15 is 0 Å². The number of hydrogen-bond donors (Lipinski definition) is 1. The second kappa shape index (κ2) is 10.3. The summed E-state index contributed by atoms with van der Waals surface area (Å²) in [5, 5.41) is 15.4. The van der Waals surface area contributed by atoms with E-state index in [4.69, 9.17) is 14.6 Å². The molecule has 1 aromatic heterocycles. The van der Waals surface area contributed by atoms with Crippen LogP contribution >= 0.6 is 0 Å². The molecule has 7 heteroatoms. The molecule has 34 heavy (non-hydrogen) atoms. The predicted octanol–water partition coefficient (Wildman–Crippen LogP) is 5.16. The van der Waals surface area contributed by atoms with E-state index < -0.39 is 11.9 Å². The molecule has 182 valence electrons. The average Bonchev–Trinajstić information content (AvgIpc) is 3.60. The van der Waals surface area contributed by atoms with Crippen LogP contribution in [0.25, 0.3) is 11.3 Å². The number of nitrogens with zero attached hydrogens (tertiary/aromatic N) is 3. The van der Waals surface area contributed by atoms with Gasteiger partial charge in [-0.15, -0.1) is 0 Å². The molecule has 6 nitrogen and oxygen atoms in total. The maximum Gasteiger partial charge on any atom is 0.222 e. The van der Waals surface area contributed by atoms with Crippen LogP contribution in [0.15, 0.2) is 54.6 Å². The molecule has 0 amide bonds. The Morgan fingerprint density at radius 1 is 1.12 bits per heavy atom. The number of aliphatic hydroxyl groups excluding tert-OH is 1. The maximum absolute atomic E-state index is 14.4. The SMILES string of the molecule is Cn1nc(-c2ccccc2)c(CN(C[C@@H](O)COC(C)(C)C)C2CC2)c1Oc1ccccc1F. The fraction of sp³-hybridized carbons (Fsp3) is 0.444. The van der Waals surface area contributed by atoms with E-state index in [2.05, 4.69) is 4.90 Å². The molecule has 1 N–H and O–H groups in total. The molecule has 1 aliphatic rings. The Morgan fingerprint density at radius 3 is 2.44 bits per heavy atom. The lowest BCUT2D eigenvalue weighted by atomic mass is 10.1. The van der Waals surface area contributed by atoms with Gasteiger partial charge in [0.05, 0.1) is 23.9 Å². The Morgan fingerprint density at radius 2 is 1.79 bits per heavy atom. The van der Waals surface area contributed by atoms with Crippen molar-refractivity contribution in [2.45, 2.75) is 57.9 Å². The first kappa shape index (κ1) is 24.4. The van der Waals surface area contributed by atoms with Crippen LogP contribution < -0.4 is 4.74 Å². The van der Waals surface area contributed by atoms with Crippen molar-refractivity contribution in [3.8, 4) is 22.9 Å². The smallest absolute Gasteiger partial charge is 0.222 e. The van der Waals surface area contributed by atoms with Gasteiger partial charge in [0.15, 0.2) is 11.6 Å². The van der Waals surface area contributed by atoms with Gasteiger partial charge in [-0.2, -0.15) is 5.10 Å². The number of benzene rings is 2. The highest BCUT2D eigenvalue weighted by Crippen LogP contribution is 2.37. The molecule has 0 spiro atoms. The summed E-state index contributed by atoms with van der Waals surface area (Å²) in [5.74, 6) is 0.225. The summed E-state index contributed by atoms with van der Waals surface area (Å²) in [4.78, 5) is 2.26. The molecule has 0 radical (unpaired) electrons. The lowest BCUT2D eigenvalue weighted by Crippen LogP contribution is -2.38. The molecule has 1 aliphatic carbocycles. The van der Waals surface area contributed by atoms with Crippen LogP contribution in [0.4, 0.5) is 4.39 Å². The highest BCUT2D eigenvalue weighted by atomic mass is 19.1. The highest BCUT2D eigenvalue weighted by Gasteiger charge is 2.33. The van der Waals surface area contributed by atoms with Crippen LogP contribution in [0.3, 0.4) is 0 Å². The third-order valence-corrected chi connectivity index (χ3v) is 5.76. The second-order valence-electron chi connectivity index (χ2n) is 9.89. The summed E-state index contributed by atoms with van der Waals surface area (Å²) in [5.41, 5.74) is 2.31. The number of aryl methyl sites for hydroxylation is 1. The molecule has 0 aliphatic heterocycles. The van der Waals surface area contributed by atoms with Crippen molar-refractivity contribution in [2.75, 3.05) is 13.2 Å². The van der Waals surface area contributed by atoms with E-state index in [1.54, 1.807) is 29.9 Å². The zero-order chi connectivity index (χ0) is 24.3. The van der Waals surface area contributed by atoms with Gasteiger partial charge in [0, 0.05) is 31.7 Å². The highest BCUT2D eigenvalue weighted by molar-refractivity contribution is 5.65. The van der Waals surface area contributed by atoms with Gasteiger partial charge < -0.3 is 14.6 Å². The maximum atomic E-state index is 14.4. The number of para-hydroxylation sites is 1. The summed E-state index contributed by atoms with van der Waals surface area (Å²) in [7, 11) is 1.81. The van der Waals surface area contributed by atoms with Crippen molar-refractivity contribution in [1.82, 2.24) is 14.7 Å². The lowest BCUT2D eigenvalue weighted by Gasteiger charge is -2.27.